The zero-order valence-corrected chi connectivity index (χ0v) is 13.3. The Kier molecular flexibility index (Phi) is 4.97. The molecule has 0 spiro atoms. The number of nitrogens with zero attached hydrogens (tertiary/aromatic N) is 1. The Morgan fingerprint density at radius 2 is 1.95 bits per heavy atom. The van der Waals surface area contributed by atoms with Gasteiger partial charge in [-0.25, -0.2) is 4.72 Å². The first-order valence-corrected chi connectivity index (χ1v) is 9.12. The van der Waals surface area contributed by atoms with Gasteiger partial charge in [-0.05, 0) is 30.4 Å². The second-order valence-corrected chi connectivity index (χ2v) is 7.44. The maximum Gasteiger partial charge on any atom is 0.279 e. The molecule has 2 heterocycles. The van der Waals surface area contributed by atoms with Crippen molar-refractivity contribution >= 4 is 10.2 Å². The lowest BCUT2D eigenvalue weighted by molar-refractivity contribution is 0.0724. The zero-order valence-electron chi connectivity index (χ0n) is 12.5. The van der Waals surface area contributed by atoms with Gasteiger partial charge in [-0.15, -0.1) is 0 Å². The molecule has 1 aromatic carbocycles. The van der Waals surface area contributed by atoms with Crippen molar-refractivity contribution in [1.82, 2.24) is 9.03 Å². The molecule has 2 aliphatic heterocycles. The van der Waals surface area contributed by atoms with Gasteiger partial charge in [0, 0.05) is 19.6 Å². The summed E-state index contributed by atoms with van der Waals surface area (Å²) in [6.07, 6.45) is 1.68. The summed E-state index contributed by atoms with van der Waals surface area (Å²) in [6.45, 7) is 2.84. The van der Waals surface area contributed by atoms with Crippen molar-refractivity contribution in [1.29, 1.82) is 0 Å². The molecule has 0 aromatic heterocycles. The van der Waals surface area contributed by atoms with Crippen LogP contribution in [0.15, 0.2) is 24.3 Å². The fourth-order valence-electron chi connectivity index (χ4n) is 2.84. The number of rotatable bonds is 4. The third-order valence-electron chi connectivity index (χ3n) is 4.13. The summed E-state index contributed by atoms with van der Waals surface area (Å²) in [5.74, 6) is 1.17. The molecule has 22 heavy (non-hydrogen) atoms. The molecule has 0 amide bonds. The Morgan fingerprint density at radius 3 is 2.77 bits per heavy atom. The van der Waals surface area contributed by atoms with Crippen LogP contribution in [0.25, 0.3) is 0 Å². The molecule has 0 saturated carbocycles. The van der Waals surface area contributed by atoms with Crippen molar-refractivity contribution in [3.8, 4) is 5.75 Å². The second-order valence-electron chi connectivity index (χ2n) is 5.68. The highest BCUT2D eigenvalue weighted by atomic mass is 32.2. The van der Waals surface area contributed by atoms with Crippen molar-refractivity contribution in [3.05, 3.63) is 29.8 Å². The zero-order chi connectivity index (χ0) is 15.4. The van der Waals surface area contributed by atoms with Crippen LogP contribution in [0.1, 0.15) is 12.0 Å². The molecule has 0 radical (unpaired) electrons. The van der Waals surface area contributed by atoms with Gasteiger partial charge in [0.25, 0.3) is 10.2 Å². The van der Waals surface area contributed by atoms with E-state index in [1.54, 1.807) is 0 Å². The predicted molar refractivity (Wildman–Crippen MR) is 83.1 cm³/mol. The van der Waals surface area contributed by atoms with Gasteiger partial charge in [-0.2, -0.15) is 12.7 Å². The summed E-state index contributed by atoms with van der Waals surface area (Å²) < 4.78 is 39.7. The van der Waals surface area contributed by atoms with E-state index in [-0.39, 0.29) is 5.92 Å². The quantitative estimate of drug-likeness (QED) is 0.888. The number of para-hydroxylation sites is 1. The average Bonchev–Trinajstić information content (AvgIpc) is 2.76. The van der Waals surface area contributed by atoms with E-state index in [1.165, 1.54) is 4.31 Å². The van der Waals surface area contributed by atoms with Crippen LogP contribution in [0.5, 0.6) is 5.75 Å². The van der Waals surface area contributed by atoms with Gasteiger partial charge in [0.1, 0.15) is 5.75 Å². The van der Waals surface area contributed by atoms with Gasteiger partial charge >= 0.3 is 0 Å². The lowest BCUT2D eigenvalue weighted by Crippen LogP contribution is -2.47. The van der Waals surface area contributed by atoms with Gasteiger partial charge in [0.05, 0.1) is 19.8 Å². The summed E-state index contributed by atoms with van der Waals surface area (Å²) in [6, 6.07) is 7.96. The smallest absolute Gasteiger partial charge is 0.279 e. The van der Waals surface area contributed by atoms with Crippen LogP contribution >= 0.6 is 0 Å². The molecule has 0 bridgehead atoms. The number of hydrogen-bond donors (Lipinski definition) is 1. The molecule has 0 aliphatic carbocycles. The summed E-state index contributed by atoms with van der Waals surface area (Å²) in [5.41, 5.74) is 1.15. The van der Waals surface area contributed by atoms with Crippen LogP contribution in [-0.4, -0.2) is 52.2 Å². The molecular weight excluding hydrogens is 304 g/mol. The SMILES string of the molecule is O=S(=O)(NCC1CCOc2ccccc2C1)N1CCOCC1. The van der Waals surface area contributed by atoms with Crippen LogP contribution < -0.4 is 9.46 Å². The van der Waals surface area contributed by atoms with Gasteiger partial charge < -0.3 is 9.47 Å². The molecule has 1 aromatic rings. The molecule has 1 N–H and O–H groups in total. The minimum absolute atomic E-state index is 0.250. The normalized spacial score (nSPS) is 23.4. The number of fused-ring (bicyclic) bond motifs is 1. The Labute approximate surface area is 131 Å². The van der Waals surface area contributed by atoms with Gasteiger partial charge in [-0.3, -0.25) is 0 Å². The van der Waals surface area contributed by atoms with E-state index in [0.717, 1.165) is 24.2 Å². The minimum atomic E-state index is -3.41. The fraction of sp³-hybridized carbons (Fsp3) is 0.600. The second kappa shape index (κ2) is 6.95. The lowest BCUT2D eigenvalue weighted by Gasteiger charge is -2.27. The highest BCUT2D eigenvalue weighted by molar-refractivity contribution is 7.87. The van der Waals surface area contributed by atoms with E-state index >= 15 is 0 Å². The van der Waals surface area contributed by atoms with E-state index < -0.39 is 10.2 Å². The van der Waals surface area contributed by atoms with Crippen LogP contribution in [0.2, 0.25) is 0 Å². The summed E-state index contributed by atoms with van der Waals surface area (Å²) in [5, 5.41) is 0. The monoisotopic (exact) mass is 326 g/mol. The molecule has 7 heteroatoms. The molecule has 122 valence electrons. The standard InChI is InChI=1S/C15H22N2O4S/c18-22(19,17-6-9-20-10-7-17)16-12-13-5-8-21-15-4-2-1-3-14(15)11-13/h1-4,13,16H,5-12H2. The van der Waals surface area contributed by atoms with Gasteiger partial charge in [0.15, 0.2) is 0 Å². The van der Waals surface area contributed by atoms with E-state index in [0.29, 0.717) is 39.5 Å². The van der Waals surface area contributed by atoms with Crippen LogP contribution in [0.3, 0.4) is 0 Å². The van der Waals surface area contributed by atoms with E-state index in [1.807, 2.05) is 24.3 Å². The number of morpholine rings is 1. The Morgan fingerprint density at radius 1 is 1.18 bits per heavy atom. The molecule has 3 rings (SSSR count). The van der Waals surface area contributed by atoms with Gasteiger partial charge in [0.2, 0.25) is 0 Å². The van der Waals surface area contributed by atoms with Crippen molar-refractivity contribution in [3.63, 3.8) is 0 Å². The summed E-state index contributed by atoms with van der Waals surface area (Å²) >= 11 is 0. The Bertz CT molecular complexity index is 599. The maximum atomic E-state index is 12.3. The molecule has 2 aliphatic rings. The third-order valence-corrected chi connectivity index (χ3v) is 5.71. The number of ether oxygens (including phenoxy) is 2. The van der Waals surface area contributed by atoms with Crippen LogP contribution in [-0.2, 0) is 21.4 Å². The average molecular weight is 326 g/mol. The highest BCUT2D eigenvalue weighted by Crippen LogP contribution is 2.26. The minimum Gasteiger partial charge on any atom is -0.493 e. The van der Waals surface area contributed by atoms with E-state index in [2.05, 4.69) is 4.72 Å². The van der Waals surface area contributed by atoms with Gasteiger partial charge in [-0.1, -0.05) is 18.2 Å². The molecule has 1 saturated heterocycles. The molecule has 1 fully saturated rings. The van der Waals surface area contributed by atoms with E-state index in [4.69, 9.17) is 9.47 Å². The molecular formula is C15H22N2O4S. The first kappa shape index (κ1) is 15.7. The molecule has 6 nitrogen and oxygen atoms in total. The summed E-state index contributed by atoms with van der Waals surface area (Å²) in [4.78, 5) is 0. The first-order valence-electron chi connectivity index (χ1n) is 7.68. The molecule has 1 unspecified atom stereocenters. The Balaban J connectivity index is 1.59. The molecule has 1 atom stereocenters. The third kappa shape index (κ3) is 3.78. The number of benzene rings is 1. The van der Waals surface area contributed by atoms with Crippen molar-refractivity contribution in [2.75, 3.05) is 39.5 Å². The number of nitrogens with one attached hydrogen (secondary N) is 1. The van der Waals surface area contributed by atoms with E-state index in [9.17, 15) is 8.42 Å². The van der Waals surface area contributed by atoms with Crippen molar-refractivity contribution in [2.45, 2.75) is 12.8 Å². The first-order chi connectivity index (χ1) is 10.6. The number of hydrogen-bond acceptors (Lipinski definition) is 4. The van der Waals surface area contributed by atoms with Crippen LogP contribution in [0, 0.1) is 5.92 Å². The van der Waals surface area contributed by atoms with Crippen LogP contribution in [0.4, 0.5) is 0 Å². The highest BCUT2D eigenvalue weighted by Gasteiger charge is 2.25. The fourth-order valence-corrected chi connectivity index (χ4v) is 4.10. The lowest BCUT2D eigenvalue weighted by atomic mass is 9.97. The topological polar surface area (TPSA) is 67.9 Å². The maximum absolute atomic E-state index is 12.3. The Hall–Kier alpha value is -1.15. The predicted octanol–water partition coefficient (Wildman–Crippen LogP) is 0.794. The summed E-state index contributed by atoms with van der Waals surface area (Å²) in [7, 11) is -3.41. The largest absolute Gasteiger partial charge is 0.493 e. The van der Waals surface area contributed by atoms with Crippen molar-refractivity contribution in [2.24, 2.45) is 5.92 Å². The van der Waals surface area contributed by atoms with Crippen molar-refractivity contribution < 1.29 is 17.9 Å².